The second-order valence-electron chi connectivity index (χ2n) is 10.4. The topological polar surface area (TPSA) is 152 Å². The molecule has 14 heteroatoms. The molecule has 0 unspecified atom stereocenters. The van der Waals surface area contributed by atoms with E-state index >= 15 is 0 Å². The Morgan fingerprint density at radius 1 is 1.14 bits per heavy atom. The third-order valence-electron chi connectivity index (χ3n) is 7.12. The maximum Gasteiger partial charge on any atom is 0.267 e. The van der Waals surface area contributed by atoms with Crippen LogP contribution in [0.25, 0.3) is 11.5 Å². The van der Waals surface area contributed by atoms with E-state index in [1.807, 2.05) is 19.9 Å². The zero-order valence-electron chi connectivity index (χ0n) is 22.7. The van der Waals surface area contributed by atoms with Gasteiger partial charge in [0.15, 0.2) is 17.4 Å². The molecule has 1 aliphatic carbocycles. The summed E-state index contributed by atoms with van der Waals surface area (Å²) in [5.74, 6) is -7.42. The van der Waals surface area contributed by atoms with Crippen LogP contribution < -0.4 is 16.0 Å². The predicted octanol–water partition coefficient (Wildman–Crippen LogP) is 3.84. The summed E-state index contributed by atoms with van der Waals surface area (Å²) in [6, 6.07) is 9.11. The zero-order valence-corrected chi connectivity index (χ0v) is 22.7. The average molecular weight is 584 g/mol. The van der Waals surface area contributed by atoms with Crippen molar-refractivity contribution in [3.63, 3.8) is 0 Å². The molecule has 2 amide bonds. The van der Waals surface area contributed by atoms with Gasteiger partial charge in [0.05, 0.1) is 17.8 Å². The lowest BCUT2D eigenvalue weighted by Crippen LogP contribution is -2.48. The second kappa shape index (κ2) is 11.5. The zero-order chi connectivity index (χ0) is 30.1. The maximum atomic E-state index is 14.5. The number of halogens is 3. The van der Waals surface area contributed by atoms with Gasteiger partial charge < -0.3 is 25.6 Å². The fourth-order valence-corrected chi connectivity index (χ4v) is 4.74. The van der Waals surface area contributed by atoms with Gasteiger partial charge in [-0.25, -0.2) is 8.78 Å². The van der Waals surface area contributed by atoms with Crippen LogP contribution in [0.15, 0.2) is 47.1 Å². The molecule has 0 spiro atoms. The van der Waals surface area contributed by atoms with E-state index in [9.17, 15) is 27.9 Å². The summed E-state index contributed by atoms with van der Waals surface area (Å²) in [6.45, 7) is 4.40. The number of nitrogens with zero attached hydrogens (tertiary/aromatic N) is 5. The fourth-order valence-electron chi connectivity index (χ4n) is 4.74. The third kappa shape index (κ3) is 5.78. The molecule has 1 fully saturated rings. The predicted molar refractivity (Wildman–Crippen MR) is 143 cm³/mol. The minimum Gasteiger partial charge on any atom is -0.503 e. The molecule has 42 heavy (non-hydrogen) atoms. The highest BCUT2D eigenvalue weighted by atomic mass is 19.2. The number of amides is 2. The molecule has 1 aliphatic rings. The minimum atomic E-state index is -1.72. The van der Waals surface area contributed by atoms with Crippen molar-refractivity contribution in [3.8, 4) is 17.2 Å². The van der Waals surface area contributed by atoms with Crippen molar-refractivity contribution >= 4 is 17.8 Å². The summed E-state index contributed by atoms with van der Waals surface area (Å²) in [5, 5.41) is 20.8. The molecule has 11 nitrogen and oxygen atoms in total. The molecular weight excluding hydrogens is 555 g/mol. The lowest BCUT2D eigenvalue weighted by Gasteiger charge is -2.33. The van der Waals surface area contributed by atoms with Crippen molar-refractivity contribution in [1.82, 2.24) is 25.2 Å². The van der Waals surface area contributed by atoms with Crippen LogP contribution in [0.2, 0.25) is 0 Å². The summed E-state index contributed by atoms with van der Waals surface area (Å²) in [4.78, 5) is 29.8. The molecule has 2 aromatic heterocycles. The number of hydrogen-bond acceptors (Lipinski definition) is 8. The van der Waals surface area contributed by atoms with Crippen molar-refractivity contribution in [2.75, 3.05) is 4.90 Å². The molecule has 0 atom stereocenters. The minimum absolute atomic E-state index is 0.0148. The van der Waals surface area contributed by atoms with Gasteiger partial charge in [0.2, 0.25) is 11.7 Å². The molecule has 1 saturated carbocycles. The standard InChI is InChI=1S/C28H28F3N7O4/c1-14(2)38-19(7-8-33-38)13-37(28-35-27(42-36-28)20-11-21(29)23(31)24(39)22(20)30)12-15-3-5-16(6-4-15)26(41)34-18-9-17(10-18)25(32)40/h3-8,11,14,17-18,39H,9-10,12-13H2,1-2H3,(H2,32,40)(H,34,41)/t17-,18-. The summed E-state index contributed by atoms with van der Waals surface area (Å²) < 4.78 is 49.0. The molecule has 4 N–H and O–H groups in total. The Balaban J connectivity index is 1.37. The molecule has 0 bridgehead atoms. The largest absolute Gasteiger partial charge is 0.503 e. The molecule has 2 heterocycles. The van der Waals surface area contributed by atoms with Crippen LogP contribution in [0.5, 0.6) is 5.75 Å². The number of rotatable bonds is 10. The Morgan fingerprint density at radius 2 is 1.86 bits per heavy atom. The third-order valence-corrected chi connectivity index (χ3v) is 7.12. The van der Waals surface area contributed by atoms with Gasteiger partial charge in [-0.3, -0.25) is 14.3 Å². The number of nitrogens with one attached hydrogen (secondary N) is 1. The fraction of sp³-hybridized carbons (Fsp3) is 0.321. The van der Waals surface area contributed by atoms with E-state index in [1.54, 1.807) is 40.0 Å². The molecule has 2 aromatic carbocycles. The van der Waals surface area contributed by atoms with Gasteiger partial charge in [-0.15, -0.1) is 0 Å². The van der Waals surface area contributed by atoms with Crippen LogP contribution in [0, 0.1) is 23.4 Å². The summed E-state index contributed by atoms with van der Waals surface area (Å²) in [7, 11) is 0. The molecule has 4 aromatic rings. The van der Waals surface area contributed by atoms with E-state index in [4.69, 9.17) is 10.3 Å². The van der Waals surface area contributed by atoms with E-state index in [2.05, 4.69) is 20.6 Å². The van der Waals surface area contributed by atoms with Crippen molar-refractivity contribution in [2.24, 2.45) is 11.7 Å². The Bertz CT molecular complexity index is 1610. The SMILES string of the molecule is CC(C)n1nccc1CN(Cc1ccc(C(=O)N[C@H]2C[C@H](C(N)=O)C2)cc1)c1noc(-c2cc(F)c(F)c(O)c2F)n1. The maximum absolute atomic E-state index is 14.5. The molecule has 5 rings (SSSR count). The number of carbonyl (C=O) groups excluding carboxylic acids is 2. The van der Waals surface area contributed by atoms with Crippen LogP contribution in [0.4, 0.5) is 19.1 Å². The first kappa shape index (κ1) is 28.6. The number of anilines is 1. The molecule has 0 radical (unpaired) electrons. The van der Waals surface area contributed by atoms with Gasteiger partial charge in [-0.1, -0.05) is 12.1 Å². The van der Waals surface area contributed by atoms with Crippen molar-refractivity contribution in [1.29, 1.82) is 0 Å². The Kier molecular flexibility index (Phi) is 7.87. The molecule has 220 valence electrons. The number of phenols is 1. The Morgan fingerprint density at radius 3 is 2.52 bits per heavy atom. The van der Waals surface area contributed by atoms with Gasteiger partial charge in [-0.2, -0.15) is 14.5 Å². The number of carbonyl (C=O) groups is 2. The highest BCUT2D eigenvalue weighted by Crippen LogP contribution is 2.33. The molecular formula is C28H28F3N7O4. The van der Waals surface area contributed by atoms with E-state index in [0.29, 0.717) is 24.5 Å². The van der Waals surface area contributed by atoms with Crippen LogP contribution in [0.1, 0.15) is 54.3 Å². The van der Waals surface area contributed by atoms with Crippen molar-refractivity contribution < 1.29 is 32.4 Å². The second-order valence-corrected chi connectivity index (χ2v) is 10.4. The molecule has 0 aliphatic heterocycles. The van der Waals surface area contributed by atoms with E-state index < -0.39 is 34.7 Å². The smallest absolute Gasteiger partial charge is 0.267 e. The number of primary amides is 1. The average Bonchev–Trinajstić information content (AvgIpc) is 3.61. The summed E-state index contributed by atoms with van der Waals surface area (Å²) in [6.07, 6.45) is 2.68. The highest BCUT2D eigenvalue weighted by molar-refractivity contribution is 5.94. The highest BCUT2D eigenvalue weighted by Gasteiger charge is 2.34. The van der Waals surface area contributed by atoms with Gasteiger partial charge in [-0.05, 0) is 61.7 Å². The number of phenolic OH excluding ortho intramolecular Hbond substituents is 1. The van der Waals surface area contributed by atoms with E-state index in [1.165, 1.54) is 0 Å². The monoisotopic (exact) mass is 583 g/mol. The van der Waals surface area contributed by atoms with Gasteiger partial charge >= 0.3 is 0 Å². The quantitative estimate of drug-likeness (QED) is 0.238. The lowest BCUT2D eigenvalue weighted by molar-refractivity contribution is -0.124. The van der Waals surface area contributed by atoms with Gasteiger partial charge in [0.1, 0.15) is 0 Å². The summed E-state index contributed by atoms with van der Waals surface area (Å²) in [5.41, 5.74) is 6.70. The van der Waals surface area contributed by atoms with Crippen molar-refractivity contribution in [3.05, 3.63) is 76.9 Å². The number of aromatic hydroxyl groups is 1. The Labute approximate surface area is 238 Å². The first-order chi connectivity index (χ1) is 20.0. The van der Waals surface area contributed by atoms with E-state index in [0.717, 1.165) is 11.3 Å². The normalized spacial score (nSPS) is 16.3. The number of benzene rings is 2. The van der Waals surface area contributed by atoms with E-state index in [-0.39, 0.29) is 48.9 Å². The summed E-state index contributed by atoms with van der Waals surface area (Å²) >= 11 is 0. The van der Waals surface area contributed by atoms with Gasteiger partial charge in [0, 0.05) is 36.3 Å². The Hall–Kier alpha value is -4.88. The number of nitrogens with two attached hydrogens (primary N) is 1. The lowest BCUT2D eigenvalue weighted by atomic mass is 9.80. The number of aromatic nitrogens is 4. The van der Waals surface area contributed by atoms with Crippen molar-refractivity contribution in [2.45, 2.75) is 51.9 Å². The van der Waals surface area contributed by atoms with Crippen LogP contribution in [-0.4, -0.2) is 42.9 Å². The number of hydrogen-bond donors (Lipinski definition) is 3. The van der Waals surface area contributed by atoms with Gasteiger partial charge in [0.25, 0.3) is 17.7 Å². The molecule has 0 saturated heterocycles. The van der Waals surface area contributed by atoms with Crippen LogP contribution in [-0.2, 0) is 17.9 Å². The first-order valence-electron chi connectivity index (χ1n) is 13.2. The van der Waals surface area contributed by atoms with Crippen LogP contribution in [0.3, 0.4) is 0 Å². The first-order valence-corrected chi connectivity index (χ1v) is 13.2. The van der Waals surface area contributed by atoms with Crippen LogP contribution >= 0.6 is 0 Å².